The van der Waals surface area contributed by atoms with E-state index >= 15 is 0 Å². The summed E-state index contributed by atoms with van der Waals surface area (Å²) in [5, 5.41) is 2.26. The average Bonchev–Trinajstić information content (AvgIpc) is 2.89. The van der Waals surface area contributed by atoms with Gasteiger partial charge in [-0.2, -0.15) is 0 Å². The smallest absolute Gasteiger partial charge is 0.243 e. The lowest BCUT2D eigenvalue weighted by Gasteiger charge is -2.16. The molecule has 0 aliphatic carbocycles. The Balaban J connectivity index is 2.08. The number of nitrogens with zero attached hydrogens (tertiary/aromatic N) is 2. The first kappa shape index (κ1) is 14.5. The molecule has 0 saturated heterocycles. The minimum Gasteiger partial charge on any atom is -0.243 e. The number of hydrogen-bond donors (Lipinski definition) is 0. The third kappa shape index (κ3) is 3.54. The highest BCUT2D eigenvalue weighted by Gasteiger charge is 2.20. The van der Waals surface area contributed by atoms with Crippen LogP contribution in [-0.2, 0) is 16.4 Å². The first-order valence-electron chi connectivity index (χ1n) is 5.60. The zero-order chi connectivity index (χ0) is 13.9. The van der Waals surface area contributed by atoms with Crippen molar-refractivity contribution < 1.29 is 8.42 Å². The summed E-state index contributed by atoms with van der Waals surface area (Å²) in [4.78, 5) is 5.12. The van der Waals surface area contributed by atoms with Crippen LogP contribution in [0.25, 0.3) is 0 Å². The predicted molar refractivity (Wildman–Crippen MR) is 77.1 cm³/mol. The van der Waals surface area contributed by atoms with Crippen LogP contribution in [0.1, 0.15) is 4.88 Å². The molecule has 0 N–H and O–H groups in total. The fourth-order valence-corrected chi connectivity index (χ4v) is 3.46. The summed E-state index contributed by atoms with van der Waals surface area (Å²) in [5.41, 5.74) is 0. The average molecular weight is 317 g/mol. The lowest BCUT2D eigenvalue weighted by Crippen LogP contribution is -2.29. The van der Waals surface area contributed by atoms with E-state index in [0.717, 1.165) is 4.88 Å². The second-order valence-electron chi connectivity index (χ2n) is 3.97. The largest absolute Gasteiger partial charge is 0.244 e. The second-order valence-corrected chi connectivity index (χ2v) is 7.44. The molecule has 0 amide bonds. The van der Waals surface area contributed by atoms with Gasteiger partial charge in [0.1, 0.15) is 10.0 Å². The molecule has 0 bridgehead atoms. The van der Waals surface area contributed by atoms with E-state index in [2.05, 4.69) is 4.98 Å². The van der Waals surface area contributed by atoms with E-state index in [0.29, 0.717) is 13.0 Å². The number of thiophene rings is 1. The number of sulfonamides is 1. The molecular weight excluding hydrogens is 304 g/mol. The maximum absolute atomic E-state index is 12.2. The van der Waals surface area contributed by atoms with Gasteiger partial charge < -0.3 is 0 Å². The Hall–Kier alpha value is -0.950. The van der Waals surface area contributed by atoms with Gasteiger partial charge in [-0.15, -0.1) is 11.3 Å². The summed E-state index contributed by atoms with van der Waals surface area (Å²) < 4.78 is 25.8. The molecule has 2 rings (SSSR count). The molecule has 2 aromatic rings. The van der Waals surface area contributed by atoms with Crippen molar-refractivity contribution in [2.24, 2.45) is 0 Å². The lowest BCUT2D eigenvalue weighted by atomic mass is 10.3. The van der Waals surface area contributed by atoms with Gasteiger partial charge in [-0.1, -0.05) is 17.7 Å². The fraction of sp³-hybridized carbons (Fsp3) is 0.250. The molecule has 0 spiro atoms. The van der Waals surface area contributed by atoms with Gasteiger partial charge in [0, 0.05) is 24.7 Å². The molecule has 0 atom stereocenters. The maximum Gasteiger partial charge on any atom is 0.244 e. The van der Waals surface area contributed by atoms with Crippen molar-refractivity contribution in [3.63, 3.8) is 0 Å². The molecule has 0 fully saturated rings. The van der Waals surface area contributed by atoms with Crippen LogP contribution in [-0.4, -0.2) is 31.3 Å². The van der Waals surface area contributed by atoms with E-state index in [1.54, 1.807) is 18.4 Å². The summed E-state index contributed by atoms with van der Waals surface area (Å²) in [5.74, 6) is 0. The highest BCUT2D eigenvalue weighted by atomic mass is 35.5. The van der Waals surface area contributed by atoms with Crippen molar-refractivity contribution in [1.82, 2.24) is 9.29 Å². The zero-order valence-electron chi connectivity index (χ0n) is 10.3. The van der Waals surface area contributed by atoms with Crippen LogP contribution in [0.2, 0.25) is 5.15 Å². The quantitative estimate of drug-likeness (QED) is 0.797. The van der Waals surface area contributed by atoms with Crippen molar-refractivity contribution in [1.29, 1.82) is 0 Å². The van der Waals surface area contributed by atoms with Crippen LogP contribution in [0.4, 0.5) is 0 Å². The van der Waals surface area contributed by atoms with Crippen LogP contribution in [0, 0.1) is 0 Å². The van der Waals surface area contributed by atoms with Gasteiger partial charge in [-0.05, 0) is 30.0 Å². The van der Waals surface area contributed by atoms with Crippen LogP contribution >= 0.6 is 22.9 Å². The predicted octanol–water partition coefficient (Wildman–Crippen LogP) is 2.66. The van der Waals surface area contributed by atoms with Crippen molar-refractivity contribution in [2.45, 2.75) is 11.3 Å². The van der Waals surface area contributed by atoms with E-state index in [-0.39, 0.29) is 10.0 Å². The summed E-state index contributed by atoms with van der Waals surface area (Å²) in [6, 6.07) is 6.89. The van der Waals surface area contributed by atoms with Crippen LogP contribution < -0.4 is 0 Å². The van der Waals surface area contributed by atoms with Crippen LogP contribution in [0.15, 0.2) is 40.7 Å². The molecular formula is C12H13ClN2O2S2. The highest BCUT2D eigenvalue weighted by molar-refractivity contribution is 7.89. The standard InChI is InChI=1S/C12H13ClN2O2S2/c1-15(7-6-10-3-2-8-18-10)19(16,17)11-4-5-12(13)14-9-11/h2-5,8-9H,6-7H2,1H3. The van der Waals surface area contributed by atoms with Gasteiger partial charge in [0.2, 0.25) is 10.0 Å². The summed E-state index contributed by atoms with van der Waals surface area (Å²) in [6.07, 6.45) is 1.98. The van der Waals surface area contributed by atoms with Gasteiger partial charge in [0.25, 0.3) is 0 Å². The van der Waals surface area contributed by atoms with Crippen molar-refractivity contribution in [3.05, 3.63) is 45.9 Å². The zero-order valence-corrected chi connectivity index (χ0v) is 12.7. The second kappa shape index (κ2) is 6.00. The Morgan fingerprint density at radius 2 is 2.16 bits per heavy atom. The van der Waals surface area contributed by atoms with E-state index in [9.17, 15) is 8.42 Å². The van der Waals surface area contributed by atoms with E-state index < -0.39 is 10.0 Å². The normalized spacial score (nSPS) is 11.9. The molecule has 0 aromatic carbocycles. The first-order chi connectivity index (χ1) is 9.00. The number of likely N-dealkylation sites (N-methyl/N-ethyl adjacent to an activating group) is 1. The molecule has 0 saturated carbocycles. The Bertz CT molecular complexity index is 624. The molecule has 0 aliphatic rings. The molecule has 0 aliphatic heterocycles. The highest BCUT2D eigenvalue weighted by Crippen LogP contribution is 2.16. The topological polar surface area (TPSA) is 50.3 Å². The monoisotopic (exact) mass is 316 g/mol. The molecule has 2 heterocycles. The lowest BCUT2D eigenvalue weighted by molar-refractivity contribution is 0.473. The van der Waals surface area contributed by atoms with Crippen LogP contribution in [0.3, 0.4) is 0 Å². The van der Waals surface area contributed by atoms with Crippen molar-refractivity contribution in [3.8, 4) is 0 Å². The molecule has 19 heavy (non-hydrogen) atoms. The van der Waals surface area contributed by atoms with Gasteiger partial charge >= 0.3 is 0 Å². The van der Waals surface area contributed by atoms with E-state index in [1.807, 2.05) is 17.5 Å². The molecule has 4 nitrogen and oxygen atoms in total. The molecule has 0 unspecified atom stereocenters. The third-order valence-corrected chi connectivity index (χ3v) is 5.66. The number of pyridine rings is 1. The maximum atomic E-state index is 12.2. The Morgan fingerprint density at radius 3 is 2.74 bits per heavy atom. The van der Waals surface area contributed by atoms with Crippen molar-refractivity contribution >= 4 is 33.0 Å². The number of hydrogen-bond acceptors (Lipinski definition) is 4. The van der Waals surface area contributed by atoms with E-state index in [1.165, 1.54) is 22.6 Å². The molecule has 0 radical (unpaired) electrons. The van der Waals surface area contributed by atoms with Gasteiger partial charge in [0.05, 0.1) is 0 Å². The fourth-order valence-electron chi connectivity index (χ4n) is 1.54. The third-order valence-electron chi connectivity index (χ3n) is 2.66. The summed E-state index contributed by atoms with van der Waals surface area (Å²) >= 11 is 7.27. The number of rotatable bonds is 5. The van der Waals surface area contributed by atoms with Gasteiger partial charge in [-0.25, -0.2) is 17.7 Å². The molecule has 102 valence electrons. The van der Waals surface area contributed by atoms with Gasteiger partial charge in [0.15, 0.2) is 0 Å². The number of aromatic nitrogens is 1. The molecule has 2 aromatic heterocycles. The summed E-state index contributed by atoms with van der Waals surface area (Å²) in [6.45, 7) is 0.436. The molecule has 7 heteroatoms. The first-order valence-corrected chi connectivity index (χ1v) is 8.30. The Morgan fingerprint density at radius 1 is 1.37 bits per heavy atom. The minimum absolute atomic E-state index is 0.158. The van der Waals surface area contributed by atoms with Crippen molar-refractivity contribution in [2.75, 3.05) is 13.6 Å². The van der Waals surface area contributed by atoms with Crippen LogP contribution in [0.5, 0.6) is 0 Å². The minimum atomic E-state index is -3.49. The number of halogens is 1. The van der Waals surface area contributed by atoms with E-state index in [4.69, 9.17) is 11.6 Å². The van der Waals surface area contributed by atoms with Gasteiger partial charge in [-0.3, -0.25) is 0 Å². The Labute approximate surface area is 121 Å². The summed E-state index contributed by atoms with van der Waals surface area (Å²) in [7, 11) is -1.93. The Kier molecular flexibility index (Phi) is 4.57. The SMILES string of the molecule is CN(CCc1cccs1)S(=O)(=O)c1ccc(Cl)nc1.